The first-order valence-corrected chi connectivity index (χ1v) is 10.9. The lowest BCUT2D eigenvalue weighted by Gasteiger charge is -2.34. The number of nitriles is 1. The lowest BCUT2D eigenvalue weighted by molar-refractivity contribution is 0.0193. The predicted molar refractivity (Wildman–Crippen MR) is 115 cm³/mol. The van der Waals surface area contributed by atoms with Gasteiger partial charge in [-0.15, -0.1) is 11.3 Å². The van der Waals surface area contributed by atoms with Crippen LogP contribution < -0.4 is 10.1 Å². The van der Waals surface area contributed by atoms with Crippen LogP contribution in [0.4, 0.5) is 5.88 Å². The summed E-state index contributed by atoms with van der Waals surface area (Å²) in [6.45, 7) is 3.90. The van der Waals surface area contributed by atoms with E-state index >= 15 is 0 Å². The lowest BCUT2D eigenvalue weighted by atomic mass is 10.2. The van der Waals surface area contributed by atoms with E-state index in [0.717, 1.165) is 26.3 Å². The SMILES string of the molecule is N#Cc1nc(COc2ccc(Cl)cc2)oc1NC[C@H](c1cccs1)N1CCOCC1. The standard InChI is InChI=1S/C21H21ClN4O3S/c22-15-3-5-16(6-4-15)28-14-20-25-17(12-23)21(29-20)24-13-18(19-2-1-11-30-19)26-7-9-27-10-8-26/h1-6,11,18,24H,7-10,13-14H2/t18-/m1/s1. The van der Waals surface area contributed by atoms with E-state index < -0.39 is 0 Å². The van der Waals surface area contributed by atoms with Gasteiger partial charge in [-0.1, -0.05) is 17.7 Å². The van der Waals surface area contributed by atoms with Crippen molar-refractivity contribution in [1.82, 2.24) is 9.88 Å². The van der Waals surface area contributed by atoms with Crippen molar-refractivity contribution in [2.75, 3.05) is 38.2 Å². The van der Waals surface area contributed by atoms with Crippen LogP contribution in [-0.2, 0) is 11.3 Å². The summed E-state index contributed by atoms with van der Waals surface area (Å²) in [5.74, 6) is 1.35. The van der Waals surface area contributed by atoms with Crippen molar-refractivity contribution in [3.63, 3.8) is 0 Å². The highest BCUT2D eigenvalue weighted by molar-refractivity contribution is 7.10. The predicted octanol–water partition coefficient (Wildman–Crippen LogP) is 4.33. The van der Waals surface area contributed by atoms with Crippen LogP contribution in [0.1, 0.15) is 22.5 Å². The molecule has 1 N–H and O–H groups in total. The Kier molecular flexibility index (Phi) is 6.87. The Morgan fingerprint density at radius 2 is 2.07 bits per heavy atom. The van der Waals surface area contributed by atoms with Crippen LogP contribution in [0.2, 0.25) is 5.02 Å². The molecule has 3 aromatic rings. The molecule has 1 fully saturated rings. The smallest absolute Gasteiger partial charge is 0.236 e. The third-order valence-corrected chi connectivity index (χ3v) is 5.99. The first kappa shape index (κ1) is 20.7. The molecule has 2 aromatic heterocycles. The summed E-state index contributed by atoms with van der Waals surface area (Å²) in [4.78, 5) is 7.88. The molecule has 1 aliphatic heterocycles. The van der Waals surface area contributed by atoms with Gasteiger partial charge in [0.25, 0.3) is 0 Å². The molecular weight excluding hydrogens is 424 g/mol. The highest BCUT2D eigenvalue weighted by Crippen LogP contribution is 2.27. The number of nitrogens with one attached hydrogen (secondary N) is 1. The first-order valence-electron chi connectivity index (χ1n) is 9.60. The van der Waals surface area contributed by atoms with Crippen LogP contribution in [0.5, 0.6) is 5.75 Å². The lowest BCUT2D eigenvalue weighted by Crippen LogP contribution is -2.41. The van der Waals surface area contributed by atoms with Crippen molar-refractivity contribution in [3.05, 3.63) is 63.3 Å². The van der Waals surface area contributed by atoms with Gasteiger partial charge in [0.15, 0.2) is 6.61 Å². The van der Waals surface area contributed by atoms with E-state index in [2.05, 4.69) is 38.8 Å². The van der Waals surface area contributed by atoms with Crippen molar-refractivity contribution in [3.8, 4) is 11.8 Å². The van der Waals surface area contributed by atoms with Gasteiger partial charge in [0.2, 0.25) is 17.5 Å². The molecule has 9 heteroatoms. The number of aromatic nitrogens is 1. The zero-order chi connectivity index (χ0) is 20.8. The van der Waals surface area contributed by atoms with E-state index in [4.69, 9.17) is 25.5 Å². The number of hydrogen-bond donors (Lipinski definition) is 1. The molecule has 4 rings (SSSR count). The van der Waals surface area contributed by atoms with Crippen LogP contribution in [0.25, 0.3) is 0 Å². The largest absolute Gasteiger partial charge is 0.484 e. The first-order chi connectivity index (χ1) is 14.7. The van der Waals surface area contributed by atoms with E-state index in [0.29, 0.717) is 29.1 Å². The summed E-state index contributed by atoms with van der Waals surface area (Å²) < 4.78 is 16.9. The van der Waals surface area contributed by atoms with Gasteiger partial charge in [0.05, 0.1) is 19.3 Å². The van der Waals surface area contributed by atoms with Gasteiger partial charge in [0, 0.05) is 29.5 Å². The van der Waals surface area contributed by atoms with Crippen LogP contribution >= 0.6 is 22.9 Å². The molecule has 156 valence electrons. The molecule has 0 amide bonds. The van der Waals surface area contributed by atoms with Crippen molar-refractivity contribution in [2.24, 2.45) is 0 Å². The van der Waals surface area contributed by atoms with E-state index in [9.17, 15) is 5.26 Å². The fourth-order valence-electron chi connectivity index (χ4n) is 3.27. The quantitative estimate of drug-likeness (QED) is 0.553. The molecule has 30 heavy (non-hydrogen) atoms. The Bertz CT molecular complexity index is 979. The average Bonchev–Trinajstić information content (AvgIpc) is 3.44. The van der Waals surface area contributed by atoms with E-state index in [-0.39, 0.29) is 18.3 Å². The van der Waals surface area contributed by atoms with E-state index in [1.165, 1.54) is 4.88 Å². The summed E-state index contributed by atoms with van der Waals surface area (Å²) in [5.41, 5.74) is 0.219. The number of nitrogens with zero attached hydrogens (tertiary/aromatic N) is 3. The molecule has 0 bridgehead atoms. The third-order valence-electron chi connectivity index (χ3n) is 4.77. The third kappa shape index (κ3) is 5.12. The second-order valence-corrected chi connectivity index (χ2v) is 8.12. The van der Waals surface area contributed by atoms with E-state index in [1.54, 1.807) is 35.6 Å². The zero-order valence-corrected chi connectivity index (χ0v) is 17.8. The molecule has 7 nitrogen and oxygen atoms in total. The number of halogens is 1. The second-order valence-electron chi connectivity index (χ2n) is 6.70. The molecular formula is C21H21ClN4O3S. The molecule has 0 unspecified atom stereocenters. The van der Waals surface area contributed by atoms with E-state index in [1.807, 2.05) is 0 Å². The minimum atomic E-state index is 0.121. The number of benzene rings is 1. The number of hydrogen-bond acceptors (Lipinski definition) is 8. The summed E-state index contributed by atoms with van der Waals surface area (Å²) in [5, 5.41) is 15.4. The number of ether oxygens (including phenoxy) is 2. The van der Waals surface area contributed by atoms with Crippen LogP contribution in [-0.4, -0.2) is 42.7 Å². The second kappa shape index (κ2) is 9.96. The molecule has 0 spiro atoms. The van der Waals surface area contributed by atoms with Gasteiger partial charge in [-0.2, -0.15) is 10.2 Å². The van der Waals surface area contributed by atoms with Gasteiger partial charge in [-0.05, 0) is 35.7 Å². The average molecular weight is 445 g/mol. The van der Waals surface area contributed by atoms with Crippen molar-refractivity contribution in [2.45, 2.75) is 12.6 Å². The number of thiophene rings is 1. The van der Waals surface area contributed by atoms with Crippen LogP contribution in [0.3, 0.4) is 0 Å². The zero-order valence-electron chi connectivity index (χ0n) is 16.2. The Hall–Kier alpha value is -2.57. The van der Waals surface area contributed by atoms with Gasteiger partial charge in [0.1, 0.15) is 11.8 Å². The number of rotatable bonds is 8. The molecule has 0 radical (unpaired) electrons. The Morgan fingerprint density at radius 1 is 1.27 bits per heavy atom. The number of anilines is 1. The molecule has 3 heterocycles. The van der Waals surface area contributed by atoms with Crippen LogP contribution in [0.15, 0.2) is 46.2 Å². The fraction of sp³-hybridized carbons (Fsp3) is 0.333. The van der Waals surface area contributed by atoms with Gasteiger partial charge >= 0.3 is 0 Å². The number of oxazole rings is 1. The van der Waals surface area contributed by atoms with Crippen molar-refractivity contribution >= 4 is 28.8 Å². The maximum Gasteiger partial charge on any atom is 0.236 e. The van der Waals surface area contributed by atoms with Gasteiger partial charge in [-0.25, -0.2) is 0 Å². The maximum absolute atomic E-state index is 9.45. The summed E-state index contributed by atoms with van der Waals surface area (Å²) in [6.07, 6.45) is 0. The molecule has 0 saturated carbocycles. The minimum Gasteiger partial charge on any atom is -0.484 e. The van der Waals surface area contributed by atoms with Crippen LogP contribution in [0, 0.1) is 11.3 Å². The summed E-state index contributed by atoms with van der Waals surface area (Å²) in [7, 11) is 0. The maximum atomic E-state index is 9.45. The minimum absolute atomic E-state index is 0.121. The Labute approximate surface area is 183 Å². The molecule has 1 aromatic carbocycles. The number of morpholine rings is 1. The van der Waals surface area contributed by atoms with Crippen molar-refractivity contribution < 1.29 is 13.9 Å². The van der Waals surface area contributed by atoms with Gasteiger partial charge in [-0.3, -0.25) is 4.90 Å². The molecule has 1 atom stereocenters. The highest BCUT2D eigenvalue weighted by atomic mass is 35.5. The molecule has 1 aliphatic rings. The van der Waals surface area contributed by atoms with Crippen molar-refractivity contribution in [1.29, 1.82) is 5.26 Å². The topological polar surface area (TPSA) is 83.5 Å². The normalized spacial score (nSPS) is 15.5. The summed E-state index contributed by atoms with van der Waals surface area (Å²) in [6, 6.07) is 13.5. The Morgan fingerprint density at radius 3 is 2.77 bits per heavy atom. The van der Waals surface area contributed by atoms with Gasteiger partial charge < -0.3 is 19.2 Å². The molecule has 1 saturated heterocycles. The highest BCUT2D eigenvalue weighted by Gasteiger charge is 2.24. The molecule has 0 aliphatic carbocycles. The fourth-order valence-corrected chi connectivity index (χ4v) is 4.25. The summed E-state index contributed by atoms with van der Waals surface area (Å²) >= 11 is 7.60. The monoisotopic (exact) mass is 444 g/mol. The Balaban J connectivity index is 1.42.